The zero-order chi connectivity index (χ0) is 31.0. The van der Waals surface area contributed by atoms with Crippen LogP contribution in [0.4, 0.5) is 14.5 Å². The van der Waals surface area contributed by atoms with E-state index in [4.69, 9.17) is 39.6 Å². The van der Waals surface area contributed by atoms with Gasteiger partial charge < -0.3 is 10.6 Å². The number of rotatable bonds is 13. The molecule has 6 nitrogen and oxygen atoms in total. The minimum atomic E-state index is -3.28. The zero-order valence-corrected chi connectivity index (χ0v) is 27.4. The molecule has 0 atom stereocenters. The molecule has 0 spiro atoms. The highest BCUT2D eigenvalue weighted by atomic mass is 35.7. The molecule has 0 saturated heterocycles. The van der Waals surface area contributed by atoms with Crippen molar-refractivity contribution in [3.63, 3.8) is 0 Å². The molecule has 0 amide bonds. The standard InChI is InChI=1S/C11H14ClFO2S.C6H6FN.C6H15N.C4H8Cl2O2S.CH4/c12-6-1-2-7-16(14,15)9-10-4-3-5-11(13)8-10;7-5-2-1-3-6(8)4-5;1-4-7(5-2)6-3;5-3-1-2-4-9(6,7)8;/h3-5,8H,1-2,6-7,9H2;1-4H,8H2;4-6H2,1-3H3;1-4H2;1H4. The van der Waals surface area contributed by atoms with E-state index < -0.39 is 24.7 Å². The van der Waals surface area contributed by atoms with Crippen LogP contribution in [0.3, 0.4) is 0 Å². The van der Waals surface area contributed by atoms with Gasteiger partial charge in [-0.15, -0.1) is 23.2 Å². The van der Waals surface area contributed by atoms with E-state index in [0.29, 0.717) is 48.7 Å². The van der Waals surface area contributed by atoms with Crippen LogP contribution in [0.25, 0.3) is 0 Å². The topological polar surface area (TPSA) is 97.5 Å². The van der Waals surface area contributed by atoms with Crippen LogP contribution in [0.5, 0.6) is 0 Å². The van der Waals surface area contributed by atoms with E-state index in [1.54, 1.807) is 18.2 Å². The largest absolute Gasteiger partial charge is 0.399 e. The van der Waals surface area contributed by atoms with Crippen molar-refractivity contribution >= 4 is 58.5 Å². The van der Waals surface area contributed by atoms with E-state index in [-0.39, 0.29) is 30.5 Å². The number of nitrogens with two attached hydrogens (primary N) is 1. The first-order valence-corrected chi connectivity index (χ1v) is 18.3. The predicted octanol–water partition coefficient (Wildman–Crippen LogP) is 7.73. The van der Waals surface area contributed by atoms with Crippen molar-refractivity contribution in [2.45, 2.75) is 59.6 Å². The number of halogens is 5. The average Bonchev–Trinajstić information content (AvgIpc) is 2.85. The van der Waals surface area contributed by atoms with Gasteiger partial charge in [-0.3, -0.25) is 0 Å². The number of hydrogen-bond donors (Lipinski definition) is 1. The number of alkyl halides is 2. The summed E-state index contributed by atoms with van der Waals surface area (Å²) in [6.45, 7) is 10.1. The molecule has 0 fully saturated rings. The minimum Gasteiger partial charge on any atom is -0.399 e. The van der Waals surface area contributed by atoms with Crippen LogP contribution >= 0.6 is 33.9 Å². The number of nitrogens with zero attached hydrogens (tertiary/aromatic N) is 1. The fourth-order valence-corrected chi connectivity index (χ4v) is 5.65. The molecular formula is C28H47Cl3F2N2O4S2. The normalized spacial score (nSPS) is 10.7. The first kappa shape index (κ1) is 44.3. The van der Waals surface area contributed by atoms with Gasteiger partial charge in [0.1, 0.15) is 11.6 Å². The summed E-state index contributed by atoms with van der Waals surface area (Å²) in [7, 11) is -1.53. The Kier molecular flexibility index (Phi) is 28.6. The predicted molar refractivity (Wildman–Crippen MR) is 174 cm³/mol. The van der Waals surface area contributed by atoms with Gasteiger partial charge in [-0.1, -0.05) is 46.4 Å². The van der Waals surface area contributed by atoms with Gasteiger partial charge in [0.05, 0.1) is 17.3 Å². The van der Waals surface area contributed by atoms with Crippen molar-refractivity contribution < 1.29 is 25.6 Å². The molecule has 0 aliphatic carbocycles. The van der Waals surface area contributed by atoms with Crippen LogP contribution in [0.1, 0.15) is 59.4 Å². The second-order valence-electron chi connectivity index (χ2n) is 8.43. The Morgan fingerprint density at radius 2 is 1.22 bits per heavy atom. The number of benzene rings is 2. The number of sulfone groups is 1. The first-order valence-electron chi connectivity index (χ1n) is 13.0. The van der Waals surface area contributed by atoms with Crippen LogP contribution in [0.15, 0.2) is 48.5 Å². The third-order valence-electron chi connectivity index (χ3n) is 5.08. The summed E-state index contributed by atoms with van der Waals surface area (Å²) in [5.41, 5.74) is 6.17. The van der Waals surface area contributed by atoms with Gasteiger partial charge >= 0.3 is 0 Å². The highest BCUT2D eigenvalue weighted by Crippen LogP contribution is 2.10. The molecule has 2 aromatic carbocycles. The fourth-order valence-electron chi connectivity index (χ4n) is 2.92. The van der Waals surface area contributed by atoms with Crippen LogP contribution < -0.4 is 5.73 Å². The molecule has 0 radical (unpaired) electrons. The van der Waals surface area contributed by atoms with Crippen molar-refractivity contribution in [2.24, 2.45) is 0 Å². The lowest BCUT2D eigenvalue weighted by molar-refractivity contribution is 0.321. The molecule has 0 unspecified atom stereocenters. The Hall–Kier alpha value is -1.17. The molecule has 0 saturated carbocycles. The van der Waals surface area contributed by atoms with Gasteiger partial charge in [-0.2, -0.15) is 0 Å². The molecule has 0 aromatic heterocycles. The number of hydrogen-bond acceptors (Lipinski definition) is 6. The fraction of sp³-hybridized carbons (Fsp3) is 0.571. The van der Waals surface area contributed by atoms with E-state index in [1.165, 1.54) is 50.0 Å². The molecule has 240 valence electrons. The van der Waals surface area contributed by atoms with Crippen molar-refractivity contribution in [1.29, 1.82) is 0 Å². The van der Waals surface area contributed by atoms with Crippen molar-refractivity contribution in [2.75, 3.05) is 48.6 Å². The Morgan fingerprint density at radius 3 is 1.56 bits per heavy atom. The first-order chi connectivity index (χ1) is 18.7. The molecule has 0 aliphatic rings. The Bertz CT molecular complexity index is 1100. The van der Waals surface area contributed by atoms with E-state index in [2.05, 4.69) is 25.7 Å². The van der Waals surface area contributed by atoms with Gasteiger partial charge in [0.15, 0.2) is 9.84 Å². The van der Waals surface area contributed by atoms with Crippen molar-refractivity contribution in [1.82, 2.24) is 4.90 Å². The summed E-state index contributed by atoms with van der Waals surface area (Å²) in [4.78, 5) is 2.38. The van der Waals surface area contributed by atoms with Gasteiger partial charge in [-0.05, 0) is 81.2 Å². The van der Waals surface area contributed by atoms with Crippen LogP contribution in [0, 0.1) is 11.6 Å². The Labute approximate surface area is 261 Å². The molecule has 0 aliphatic heterocycles. The van der Waals surface area contributed by atoms with Crippen LogP contribution in [-0.2, 0) is 24.6 Å². The molecular weight excluding hydrogens is 637 g/mol. The highest BCUT2D eigenvalue weighted by Gasteiger charge is 2.11. The molecule has 41 heavy (non-hydrogen) atoms. The van der Waals surface area contributed by atoms with E-state index in [9.17, 15) is 25.6 Å². The maximum Gasteiger partial charge on any atom is 0.232 e. The minimum absolute atomic E-state index is 0. The van der Waals surface area contributed by atoms with Crippen LogP contribution in [0.2, 0.25) is 0 Å². The summed E-state index contributed by atoms with van der Waals surface area (Å²) >= 11 is 10.8. The molecule has 13 heteroatoms. The summed E-state index contributed by atoms with van der Waals surface area (Å²) in [5.74, 6) is 0.297. The second-order valence-corrected chi connectivity index (χ2v) is 14.3. The zero-order valence-electron chi connectivity index (χ0n) is 23.5. The molecule has 0 bridgehead atoms. The summed E-state index contributed by atoms with van der Waals surface area (Å²) < 4.78 is 68.6. The molecule has 2 rings (SSSR count). The van der Waals surface area contributed by atoms with Gasteiger partial charge in [0.25, 0.3) is 0 Å². The van der Waals surface area contributed by atoms with Gasteiger partial charge in [-0.25, -0.2) is 25.6 Å². The quantitative estimate of drug-likeness (QED) is 0.101. The van der Waals surface area contributed by atoms with Gasteiger partial charge in [0.2, 0.25) is 9.05 Å². The van der Waals surface area contributed by atoms with Crippen LogP contribution in [-0.4, -0.2) is 64.6 Å². The Balaban J connectivity index is -0.000000497. The summed E-state index contributed by atoms with van der Waals surface area (Å²) in [5, 5.41) is 0. The lowest BCUT2D eigenvalue weighted by Crippen LogP contribution is -2.21. The highest BCUT2D eigenvalue weighted by molar-refractivity contribution is 8.13. The second kappa shape index (κ2) is 26.5. The van der Waals surface area contributed by atoms with E-state index in [0.717, 1.165) is 0 Å². The van der Waals surface area contributed by atoms with E-state index in [1.807, 2.05) is 0 Å². The maximum absolute atomic E-state index is 12.8. The third-order valence-corrected chi connectivity index (χ3v) is 8.53. The molecule has 2 N–H and O–H groups in total. The monoisotopic (exact) mass is 682 g/mol. The summed E-state index contributed by atoms with van der Waals surface area (Å²) in [6, 6.07) is 11.5. The SMILES string of the molecule is C.CCN(CC)CC.Nc1cccc(F)c1.O=S(=O)(CCCCCl)Cc1cccc(F)c1.O=S(=O)(Cl)CCCCCl. The summed E-state index contributed by atoms with van der Waals surface area (Å²) in [6.07, 6.45) is 2.49. The lowest BCUT2D eigenvalue weighted by atomic mass is 10.2. The maximum atomic E-state index is 12.8. The third kappa shape index (κ3) is 30.1. The number of nitrogen functional groups attached to an aromatic ring is 1. The number of anilines is 1. The average molecular weight is 684 g/mol. The number of unbranched alkanes of at least 4 members (excludes halogenated alkanes) is 2. The Morgan fingerprint density at radius 1 is 0.756 bits per heavy atom. The molecule has 2 aromatic rings. The molecule has 0 heterocycles. The smallest absolute Gasteiger partial charge is 0.232 e. The lowest BCUT2D eigenvalue weighted by Gasteiger charge is -2.13. The van der Waals surface area contributed by atoms with Crippen molar-refractivity contribution in [3.05, 3.63) is 65.7 Å². The van der Waals surface area contributed by atoms with Crippen molar-refractivity contribution in [3.8, 4) is 0 Å². The van der Waals surface area contributed by atoms with E-state index >= 15 is 0 Å². The van der Waals surface area contributed by atoms with Gasteiger partial charge in [0, 0.05) is 28.1 Å².